The lowest BCUT2D eigenvalue weighted by Gasteiger charge is -2.47. The van der Waals surface area contributed by atoms with Gasteiger partial charge >= 0.3 is 0 Å². The summed E-state index contributed by atoms with van der Waals surface area (Å²) in [4.78, 5) is 2.59. The molecule has 3 atom stereocenters. The molecule has 3 heteroatoms. The molecule has 1 rings (SSSR count). The summed E-state index contributed by atoms with van der Waals surface area (Å²) < 4.78 is 5.32. The molecule has 17 heavy (non-hydrogen) atoms. The van der Waals surface area contributed by atoms with E-state index < -0.39 is 0 Å². The Morgan fingerprint density at radius 2 is 2.18 bits per heavy atom. The second-order valence-electron chi connectivity index (χ2n) is 5.40. The summed E-state index contributed by atoms with van der Waals surface area (Å²) in [5, 5.41) is 0. The first-order valence-corrected chi connectivity index (χ1v) is 7.12. The highest BCUT2D eigenvalue weighted by atomic mass is 16.5. The molecule has 102 valence electrons. The third-order valence-electron chi connectivity index (χ3n) is 4.62. The van der Waals surface area contributed by atoms with Crippen molar-refractivity contribution in [3.63, 3.8) is 0 Å². The Morgan fingerprint density at radius 3 is 2.65 bits per heavy atom. The van der Waals surface area contributed by atoms with Gasteiger partial charge in [-0.05, 0) is 32.2 Å². The number of hydrogen-bond donors (Lipinski definition) is 1. The van der Waals surface area contributed by atoms with Gasteiger partial charge in [-0.25, -0.2) is 0 Å². The Bertz CT molecular complexity index is 222. The molecule has 0 radical (unpaired) electrons. The SMILES string of the molecule is CCC1CCCC1(CN)N(CC)C(C)COC. The first kappa shape index (κ1) is 14.9. The van der Waals surface area contributed by atoms with Gasteiger partial charge in [0.25, 0.3) is 0 Å². The summed E-state index contributed by atoms with van der Waals surface area (Å²) >= 11 is 0. The van der Waals surface area contributed by atoms with E-state index in [2.05, 4.69) is 25.7 Å². The van der Waals surface area contributed by atoms with Crippen LogP contribution in [0.25, 0.3) is 0 Å². The van der Waals surface area contributed by atoms with Gasteiger partial charge in [0, 0.05) is 25.2 Å². The zero-order chi connectivity index (χ0) is 12.9. The number of ether oxygens (including phenoxy) is 1. The molecule has 0 bridgehead atoms. The molecule has 0 saturated heterocycles. The van der Waals surface area contributed by atoms with E-state index in [1.165, 1.54) is 25.7 Å². The standard InChI is InChI=1S/C14H30N2O/c1-5-13-8-7-9-14(13,11-15)16(6-2)12(3)10-17-4/h12-13H,5-11,15H2,1-4H3. The van der Waals surface area contributed by atoms with Gasteiger partial charge in [0.05, 0.1) is 6.61 Å². The van der Waals surface area contributed by atoms with E-state index in [-0.39, 0.29) is 5.54 Å². The highest BCUT2D eigenvalue weighted by Crippen LogP contribution is 2.42. The maximum atomic E-state index is 6.16. The van der Waals surface area contributed by atoms with E-state index in [1.807, 2.05) is 0 Å². The number of likely N-dealkylation sites (N-methyl/N-ethyl adjacent to an activating group) is 1. The molecule has 1 aliphatic carbocycles. The molecule has 0 aromatic heterocycles. The lowest BCUT2D eigenvalue weighted by Crippen LogP contribution is -2.60. The van der Waals surface area contributed by atoms with E-state index >= 15 is 0 Å². The number of nitrogens with zero attached hydrogens (tertiary/aromatic N) is 1. The predicted octanol–water partition coefficient (Wildman–Crippen LogP) is 2.25. The molecule has 0 aromatic carbocycles. The van der Waals surface area contributed by atoms with Crippen LogP contribution in [0.2, 0.25) is 0 Å². The van der Waals surface area contributed by atoms with Gasteiger partial charge in [0.1, 0.15) is 0 Å². The van der Waals surface area contributed by atoms with Crippen molar-refractivity contribution in [1.29, 1.82) is 0 Å². The lowest BCUT2D eigenvalue weighted by molar-refractivity contribution is -0.00281. The number of rotatable bonds is 7. The average molecular weight is 242 g/mol. The normalized spacial score (nSPS) is 31.1. The Labute approximate surface area is 107 Å². The summed E-state index contributed by atoms with van der Waals surface area (Å²) in [7, 11) is 1.78. The minimum atomic E-state index is 0.224. The van der Waals surface area contributed by atoms with Crippen LogP contribution in [0.4, 0.5) is 0 Å². The van der Waals surface area contributed by atoms with E-state index in [4.69, 9.17) is 10.5 Å². The zero-order valence-corrected chi connectivity index (χ0v) is 12.0. The van der Waals surface area contributed by atoms with Crippen molar-refractivity contribution in [3.8, 4) is 0 Å². The second kappa shape index (κ2) is 6.72. The van der Waals surface area contributed by atoms with Gasteiger partial charge in [0.15, 0.2) is 0 Å². The highest BCUT2D eigenvalue weighted by molar-refractivity contribution is 5.02. The summed E-state index contributed by atoms with van der Waals surface area (Å²) in [6.45, 7) is 9.46. The van der Waals surface area contributed by atoms with E-state index in [9.17, 15) is 0 Å². The van der Waals surface area contributed by atoms with E-state index in [0.29, 0.717) is 6.04 Å². The Morgan fingerprint density at radius 1 is 1.47 bits per heavy atom. The molecule has 0 aliphatic heterocycles. The summed E-state index contributed by atoms with van der Waals surface area (Å²) in [5.74, 6) is 0.756. The Kier molecular flexibility index (Phi) is 5.90. The molecular weight excluding hydrogens is 212 g/mol. The molecule has 0 heterocycles. The van der Waals surface area contributed by atoms with Gasteiger partial charge in [0.2, 0.25) is 0 Å². The van der Waals surface area contributed by atoms with Crippen LogP contribution in [-0.2, 0) is 4.74 Å². The highest BCUT2D eigenvalue weighted by Gasteiger charge is 2.46. The smallest absolute Gasteiger partial charge is 0.0615 e. The average Bonchev–Trinajstić information content (AvgIpc) is 2.74. The molecular formula is C14H30N2O. The third kappa shape index (κ3) is 2.83. The monoisotopic (exact) mass is 242 g/mol. The fourth-order valence-corrected chi connectivity index (χ4v) is 3.87. The fraction of sp³-hybridized carbons (Fsp3) is 1.00. The van der Waals surface area contributed by atoms with E-state index in [0.717, 1.165) is 25.6 Å². The van der Waals surface area contributed by atoms with Crippen LogP contribution in [0.5, 0.6) is 0 Å². The Balaban J connectivity index is 2.88. The largest absolute Gasteiger partial charge is 0.383 e. The Hall–Kier alpha value is -0.120. The minimum Gasteiger partial charge on any atom is -0.383 e. The third-order valence-corrected chi connectivity index (χ3v) is 4.62. The maximum absolute atomic E-state index is 6.16. The molecule has 1 saturated carbocycles. The van der Waals surface area contributed by atoms with Gasteiger partial charge in [-0.2, -0.15) is 0 Å². The van der Waals surface area contributed by atoms with E-state index in [1.54, 1.807) is 7.11 Å². The fourth-order valence-electron chi connectivity index (χ4n) is 3.87. The minimum absolute atomic E-state index is 0.224. The van der Waals surface area contributed by atoms with Crippen molar-refractivity contribution >= 4 is 0 Å². The number of hydrogen-bond acceptors (Lipinski definition) is 3. The van der Waals surface area contributed by atoms with Crippen LogP contribution in [0, 0.1) is 5.92 Å². The quantitative estimate of drug-likeness (QED) is 0.744. The van der Waals surface area contributed by atoms with Crippen LogP contribution in [-0.4, -0.2) is 43.3 Å². The maximum Gasteiger partial charge on any atom is 0.0615 e. The van der Waals surface area contributed by atoms with Gasteiger partial charge < -0.3 is 10.5 Å². The second-order valence-corrected chi connectivity index (χ2v) is 5.40. The van der Waals surface area contributed by atoms with Crippen molar-refractivity contribution in [3.05, 3.63) is 0 Å². The van der Waals surface area contributed by atoms with Crippen molar-refractivity contribution in [2.75, 3.05) is 26.8 Å². The molecule has 0 spiro atoms. The summed E-state index contributed by atoms with van der Waals surface area (Å²) in [6, 6.07) is 0.459. The topological polar surface area (TPSA) is 38.5 Å². The zero-order valence-electron chi connectivity index (χ0n) is 12.0. The number of nitrogens with two attached hydrogens (primary N) is 1. The molecule has 3 unspecified atom stereocenters. The van der Waals surface area contributed by atoms with Crippen molar-refractivity contribution in [1.82, 2.24) is 4.90 Å². The van der Waals surface area contributed by atoms with Gasteiger partial charge in [-0.3, -0.25) is 4.90 Å². The van der Waals surface area contributed by atoms with Crippen LogP contribution < -0.4 is 5.73 Å². The van der Waals surface area contributed by atoms with Crippen LogP contribution in [0.3, 0.4) is 0 Å². The molecule has 2 N–H and O–H groups in total. The molecule has 1 fully saturated rings. The van der Waals surface area contributed by atoms with Crippen LogP contribution in [0.15, 0.2) is 0 Å². The van der Waals surface area contributed by atoms with Crippen molar-refractivity contribution < 1.29 is 4.74 Å². The van der Waals surface area contributed by atoms with Gasteiger partial charge in [-0.1, -0.05) is 26.7 Å². The molecule has 3 nitrogen and oxygen atoms in total. The van der Waals surface area contributed by atoms with Gasteiger partial charge in [-0.15, -0.1) is 0 Å². The molecule has 0 aromatic rings. The molecule has 1 aliphatic rings. The summed E-state index contributed by atoms with van der Waals surface area (Å²) in [6.07, 6.45) is 5.16. The first-order valence-electron chi connectivity index (χ1n) is 7.12. The molecule has 0 amide bonds. The van der Waals surface area contributed by atoms with Crippen molar-refractivity contribution in [2.24, 2.45) is 11.7 Å². The number of methoxy groups -OCH3 is 1. The van der Waals surface area contributed by atoms with Crippen molar-refractivity contribution in [2.45, 2.75) is 58.0 Å². The van der Waals surface area contributed by atoms with Crippen LogP contribution in [0.1, 0.15) is 46.5 Å². The first-order chi connectivity index (χ1) is 8.16. The predicted molar refractivity (Wildman–Crippen MR) is 73.1 cm³/mol. The summed E-state index contributed by atoms with van der Waals surface area (Å²) in [5.41, 5.74) is 6.39. The van der Waals surface area contributed by atoms with Crippen LogP contribution >= 0.6 is 0 Å². The lowest BCUT2D eigenvalue weighted by atomic mass is 9.82.